The molecule has 32 heavy (non-hydrogen) atoms. The van der Waals surface area contributed by atoms with Crippen molar-refractivity contribution in [1.82, 2.24) is 19.5 Å². The molecule has 1 aliphatic rings. The minimum atomic E-state index is -3.31. The van der Waals surface area contributed by atoms with Gasteiger partial charge < -0.3 is 5.32 Å². The van der Waals surface area contributed by atoms with Crippen molar-refractivity contribution >= 4 is 26.6 Å². The SMILES string of the molecule is CCCNS(=O)(=O)Cc1ccc(-c2cc3ccccc3c([N+]3(CC)CCNCC3)n2)cc1. The van der Waals surface area contributed by atoms with E-state index in [2.05, 4.69) is 47.3 Å². The van der Waals surface area contributed by atoms with Gasteiger partial charge in [0.2, 0.25) is 15.8 Å². The van der Waals surface area contributed by atoms with Gasteiger partial charge in [-0.1, -0.05) is 49.4 Å². The molecule has 0 bridgehead atoms. The highest BCUT2D eigenvalue weighted by molar-refractivity contribution is 7.88. The number of likely N-dealkylation sites (N-methyl/N-ethyl adjacent to an activating group) is 1. The molecule has 0 atom stereocenters. The summed E-state index contributed by atoms with van der Waals surface area (Å²) in [5, 5.41) is 5.88. The third-order valence-electron chi connectivity index (χ3n) is 6.39. The molecule has 2 heterocycles. The first-order chi connectivity index (χ1) is 15.5. The first kappa shape index (κ1) is 22.9. The van der Waals surface area contributed by atoms with Gasteiger partial charge >= 0.3 is 0 Å². The molecule has 6 nitrogen and oxygen atoms in total. The van der Waals surface area contributed by atoms with E-state index in [1.165, 1.54) is 10.8 Å². The van der Waals surface area contributed by atoms with Gasteiger partial charge in [0, 0.05) is 25.2 Å². The van der Waals surface area contributed by atoms with E-state index in [4.69, 9.17) is 4.98 Å². The monoisotopic (exact) mass is 453 g/mol. The Bertz CT molecular complexity index is 1170. The second kappa shape index (κ2) is 9.67. The number of sulfonamides is 1. The number of nitrogens with zero attached hydrogens (tertiary/aromatic N) is 2. The third kappa shape index (κ3) is 4.86. The Kier molecular flexibility index (Phi) is 6.90. The third-order valence-corrected chi connectivity index (χ3v) is 7.74. The maximum atomic E-state index is 12.2. The molecule has 170 valence electrons. The van der Waals surface area contributed by atoms with E-state index in [-0.39, 0.29) is 5.75 Å². The van der Waals surface area contributed by atoms with Crippen molar-refractivity contribution in [3.05, 3.63) is 60.2 Å². The van der Waals surface area contributed by atoms with Gasteiger partial charge in [0.15, 0.2) is 0 Å². The first-order valence-corrected chi connectivity index (χ1v) is 13.2. The van der Waals surface area contributed by atoms with Crippen molar-refractivity contribution in [3.8, 4) is 11.3 Å². The highest BCUT2D eigenvalue weighted by Gasteiger charge is 2.34. The molecule has 2 N–H and O–H groups in total. The maximum Gasteiger partial charge on any atom is 0.236 e. The van der Waals surface area contributed by atoms with Crippen LogP contribution in [-0.2, 0) is 15.8 Å². The summed E-state index contributed by atoms with van der Waals surface area (Å²) in [7, 11) is -3.31. The van der Waals surface area contributed by atoms with Gasteiger partial charge in [-0.25, -0.2) is 13.1 Å². The van der Waals surface area contributed by atoms with E-state index in [0.717, 1.165) is 66.3 Å². The number of nitrogens with one attached hydrogen (secondary N) is 2. The first-order valence-electron chi connectivity index (χ1n) is 11.5. The number of aromatic nitrogens is 1. The molecule has 0 radical (unpaired) electrons. The van der Waals surface area contributed by atoms with Gasteiger partial charge in [0.05, 0.1) is 36.5 Å². The minimum Gasteiger partial charge on any atom is -0.306 e. The van der Waals surface area contributed by atoms with Crippen LogP contribution in [0.4, 0.5) is 5.82 Å². The fourth-order valence-corrected chi connectivity index (χ4v) is 5.74. The lowest BCUT2D eigenvalue weighted by molar-refractivity contribution is 0.248. The van der Waals surface area contributed by atoms with Crippen LogP contribution in [-0.4, -0.2) is 52.7 Å². The number of fused-ring (bicyclic) bond motifs is 1. The molecule has 3 aromatic rings. The van der Waals surface area contributed by atoms with Crippen molar-refractivity contribution in [2.24, 2.45) is 0 Å². The van der Waals surface area contributed by atoms with Crippen molar-refractivity contribution < 1.29 is 8.42 Å². The van der Waals surface area contributed by atoms with E-state index >= 15 is 0 Å². The Morgan fingerprint density at radius 3 is 2.44 bits per heavy atom. The van der Waals surface area contributed by atoms with Crippen molar-refractivity contribution in [2.75, 3.05) is 39.3 Å². The second-order valence-corrected chi connectivity index (χ2v) is 10.4. The number of hydrogen-bond donors (Lipinski definition) is 2. The molecule has 7 heteroatoms. The lowest BCUT2D eigenvalue weighted by Crippen LogP contribution is -2.60. The molecule has 0 amide bonds. The minimum absolute atomic E-state index is 0.00743. The fraction of sp³-hybridized carbons (Fsp3) is 0.400. The van der Waals surface area contributed by atoms with Gasteiger partial charge in [-0.05, 0) is 36.4 Å². The summed E-state index contributed by atoms with van der Waals surface area (Å²) in [6.45, 7) is 9.70. The van der Waals surface area contributed by atoms with Crippen molar-refractivity contribution in [1.29, 1.82) is 0 Å². The summed E-state index contributed by atoms with van der Waals surface area (Å²) < 4.78 is 27.9. The summed E-state index contributed by atoms with van der Waals surface area (Å²) in [6, 6.07) is 18.4. The van der Waals surface area contributed by atoms with Crippen LogP contribution < -0.4 is 14.5 Å². The zero-order valence-corrected chi connectivity index (χ0v) is 19.8. The molecule has 1 aliphatic heterocycles. The number of piperazine rings is 1. The predicted molar refractivity (Wildman–Crippen MR) is 133 cm³/mol. The van der Waals surface area contributed by atoms with Crippen LogP contribution >= 0.6 is 0 Å². The number of hydrogen-bond acceptors (Lipinski definition) is 4. The van der Waals surface area contributed by atoms with Crippen LogP contribution in [0.2, 0.25) is 0 Å². The molecule has 4 rings (SSSR count). The van der Waals surface area contributed by atoms with E-state index in [1.54, 1.807) is 0 Å². The molecule has 2 aromatic carbocycles. The number of quaternary nitrogens is 1. The number of benzene rings is 2. The van der Waals surface area contributed by atoms with Gasteiger partial charge in [0.1, 0.15) is 0 Å². The maximum absolute atomic E-state index is 12.2. The Balaban J connectivity index is 1.71. The molecule has 0 saturated carbocycles. The van der Waals surface area contributed by atoms with E-state index in [1.807, 2.05) is 31.2 Å². The van der Waals surface area contributed by atoms with Crippen LogP contribution in [0.5, 0.6) is 0 Å². The smallest absolute Gasteiger partial charge is 0.236 e. The van der Waals surface area contributed by atoms with Crippen LogP contribution in [0.1, 0.15) is 25.8 Å². The van der Waals surface area contributed by atoms with Gasteiger partial charge in [-0.2, -0.15) is 4.98 Å². The lowest BCUT2D eigenvalue weighted by atomic mass is 10.0. The largest absolute Gasteiger partial charge is 0.306 e. The van der Waals surface area contributed by atoms with Crippen molar-refractivity contribution in [2.45, 2.75) is 26.0 Å². The number of pyridine rings is 1. The van der Waals surface area contributed by atoms with Crippen LogP contribution in [0, 0.1) is 0 Å². The molecule has 1 saturated heterocycles. The highest BCUT2D eigenvalue weighted by atomic mass is 32.2. The Hall–Kier alpha value is -2.32. The molecule has 1 fully saturated rings. The standard InChI is InChI=1S/C25H33N4O2S/c1-3-13-27-32(30,31)19-20-9-11-21(12-10-20)24-18-22-7-5-6-8-23(22)25(28-24)29(4-2)16-14-26-15-17-29/h5-12,18,26-27H,3-4,13-17,19H2,1-2H3/q+1. The predicted octanol–water partition coefficient (Wildman–Crippen LogP) is 3.66. The summed E-state index contributed by atoms with van der Waals surface area (Å²) in [5.41, 5.74) is 2.71. The molecule has 1 aromatic heterocycles. The van der Waals surface area contributed by atoms with E-state index in [9.17, 15) is 8.42 Å². The molecule has 0 aliphatic carbocycles. The van der Waals surface area contributed by atoms with Crippen LogP contribution in [0.15, 0.2) is 54.6 Å². The Morgan fingerprint density at radius 2 is 1.75 bits per heavy atom. The van der Waals surface area contributed by atoms with Crippen LogP contribution in [0.3, 0.4) is 0 Å². The normalized spacial score (nSPS) is 16.3. The summed E-state index contributed by atoms with van der Waals surface area (Å²) in [4.78, 5) is 5.20. The summed E-state index contributed by atoms with van der Waals surface area (Å²) in [5.74, 6) is 1.13. The van der Waals surface area contributed by atoms with Gasteiger partial charge in [-0.3, -0.25) is 4.48 Å². The molecular formula is C25H33N4O2S+. The Labute approximate surface area is 191 Å². The van der Waals surface area contributed by atoms with E-state index < -0.39 is 10.0 Å². The van der Waals surface area contributed by atoms with Gasteiger partial charge in [-0.15, -0.1) is 0 Å². The molecular weight excluding hydrogens is 420 g/mol. The molecule has 0 unspecified atom stereocenters. The Morgan fingerprint density at radius 1 is 1.03 bits per heavy atom. The second-order valence-electron chi connectivity index (χ2n) is 8.56. The zero-order valence-electron chi connectivity index (χ0n) is 19.0. The topological polar surface area (TPSA) is 71.1 Å². The fourth-order valence-electron chi connectivity index (χ4n) is 4.49. The zero-order chi connectivity index (χ0) is 22.6. The summed E-state index contributed by atoms with van der Waals surface area (Å²) in [6.07, 6.45) is 0.780. The molecule has 0 spiro atoms. The van der Waals surface area contributed by atoms with Gasteiger partial charge in [0.25, 0.3) is 0 Å². The van der Waals surface area contributed by atoms with E-state index in [0.29, 0.717) is 6.54 Å². The van der Waals surface area contributed by atoms with Crippen LogP contribution in [0.25, 0.3) is 22.0 Å². The average Bonchev–Trinajstić information content (AvgIpc) is 2.83. The lowest BCUT2D eigenvalue weighted by Gasteiger charge is -2.40. The average molecular weight is 454 g/mol. The van der Waals surface area contributed by atoms with Crippen molar-refractivity contribution in [3.63, 3.8) is 0 Å². The highest BCUT2D eigenvalue weighted by Crippen LogP contribution is 2.34. The summed E-state index contributed by atoms with van der Waals surface area (Å²) >= 11 is 0. The number of rotatable bonds is 8. The quantitative estimate of drug-likeness (QED) is 0.511.